The zero-order chi connectivity index (χ0) is 13.9. The third-order valence-corrected chi connectivity index (χ3v) is 2.62. The first kappa shape index (κ1) is 13.7. The molecule has 0 aliphatic carbocycles. The van der Waals surface area contributed by atoms with Gasteiger partial charge in [0.2, 0.25) is 0 Å². The number of fused-ring (bicyclic) bond motifs is 1. The van der Waals surface area contributed by atoms with Crippen molar-refractivity contribution >= 4 is 11.6 Å². The molecule has 0 atom stereocenters. The molecule has 5 nitrogen and oxygen atoms in total. The molecule has 1 aromatic carbocycles. The summed E-state index contributed by atoms with van der Waals surface area (Å²) in [4.78, 5) is 11.1. The standard InChI is InChI=1S/C12H14F2N2O3/c13-12(14,7-17)6-15-4-8-1-2-10-9(3-8)16-11(18)5-19-10/h1-3,15,17H,4-7H2,(H,16,18). The minimum absolute atomic E-state index is 0.0205. The van der Waals surface area contributed by atoms with Crippen LogP contribution in [0.4, 0.5) is 14.5 Å². The van der Waals surface area contributed by atoms with E-state index < -0.39 is 19.1 Å². The maximum absolute atomic E-state index is 12.8. The topological polar surface area (TPSA) is 70.6 Å². The number of amides is 1. The summed E-state index contributed by atoms with van der Waals surface area (Å²) in [5.41, 5.74) is 1.27. The molecule has 0 aromatic heterocycles. The molecule has 1 aromatic rings. The van der Waals surface area contributed by atoms with Crippen molar-refractivity contribution in [1.82, 2.24) is 5.32 Å². The molecular formula is C12H14F2N2O3. The number of anilines is 1. The second-order valence-electron chi connectivity index (χ2n) is 4.28. The number of halogens is 2. The molecule has 1 aliphatic rings. The highest BCUT2D eigenvalue weighted by Gasteiger charge is 2.26. The van der Waals surface area contributed by atoms with Crippen LogP contribution in [-0.2, 0) is 11.3 Å². The first-order valence-corrected chi connectivity index (χ1v) is 5.75. The highest BCUT2D eigenvalue weighted by atomic mass is 19.3. The van der Waals surface area contributed by atoms with Gasteiger partial charge in [0.25, 0.3) is 11.8 Å². The van der Waals surface area contributed by atoms with Crippen molar-refractivity contribution in [2.75, 3.05) is 25.1 Å². The summed E-state index contributed by atoms with van der Waals surface area (Å²) in [6, 6.07) is 5.06. The molecular weight excluding hydrogens is 258 g/mol. The van der Waals surface area contributed by atoms with Gasteiger partial charge in [-0.25, -0.2) is 8.78 Å². The smallest absolute Gasteiger partial charge is 0.282 e. The lowest BCUT2D eigenvalue weighted by atomic mass is 10.1. The molecule has 0 radical (unpaired) electrons. The number of hydrogen-bond donors (Lipinski definition) is 3. The normalized spacial score (nSPS) is 14.6. The van der Waals surface area contributed by atoms with E-state index in [2.05, 4.69) is 10.6 Å². The van der Waals surface area contributed by atoms with E-state index in [-0.39, 0.29) is 19.1 Å². The van der Waals surface area contributed by atoms with E-state index in [4.69, 9.17) is 9.84 Å². The van der Waals surface area contributed by atoms with E-state index in [0.29, 0.717) is 11.4 Å². The Kier molecular flexibility index (Phi) is 3.96. The van der Waals surface area contributed by atoms with Crippen LogP contribution in [0.3, 0.4) is 0 Å². The van der Waals surface area contributed by atoms with Crippen molar-refractivity contribution in [3.8, 4) is 5.75 Å². The third kappa shape index (κ3) is 3.62. The fourth-order valence-electron chi connectivity index (χ4n) is 1.69. The van der Waals surface area contributed by atoms with Crippen molar-refractivity contribution in [3.05, 3.63) is 23.8 Å². The Morgan fingerprint density at radius 2 is 2.26 bits per heavy atom. The second kappa shape index (κ2) is 5.50. The van der Waals surface area contributed by atoms with Gasteiger partial charge in [-0.05, 0) is 17.7 Å². The summed E-state index contributed by atoms with van der Waals surface area (Å²) in [5.74, 6) is -2.82. The second-order valence-corrected chi connectivity index (χ2v) is 4.28. The number of carbonyl (C=O) groups is 1. The molecule has 0 saturated carbocycles. The molecule has 19 heavy (non-hydrogen) atoms. The van der Waals surface area contributed by atoms with Crippen molar-refractivity contribution in [1.29, 1.82) is 0 Å². The molecule has 1 heterocycles. The van der Waals surface area contributed by atoms with Gasteiger partial charge in [0.15, 0.2) is 6.61 Å². The van der Waals surface area contributed by atoms with E-state index >= 15 is 0 Å². The Morgan fingerprint density at radius 3 is 3.00 bits per heavy atom. The molecule has 0 fully saturated rings. The first-order valence-electron chi connectivity index (χ1n) is 5.75. The maximum atomic E-state index is 12.8. The van der Waals surface area contributed by atoms with E-state index in [0.717, 1.165) is 5.56 Å². The number of aliphatic hydroxyl groups is 1. The fraction of sp³-hybridized carbons (Fsp3) is 0.417. The summed E-state index contributed by atoms with van der Waals surface area (Å²) in [5, 5.41) is 13.6. The van der Waals surface area contributed by atoms with E-state index in [9.17, 15) is 13.6 Å². The number of carbonyl (C=O) groups excluding carboxylic acids is 1. The molecule has 0 spiro atoms. The molecule has 0 saturated heterocycles. The van der Waals surface area contributed by atoms with E-state index in [1.165, 1.54) is 0 Å². The van der Waals surface area contributed by atoms with Gasteiger partial charge in [-0.1, -0.05) is 6.07 Å². The largest absolute Gasteiger partial charge is 0.482 e. The minimum Gasteiger partial charge on any atom is -0.482 e. The fourth-order valence-corrected chi connectivity index (χ4v) is 1.69. The summed E-state index contributed by atoms with van der Waals surface area (Å²) < 4.78 is 30.8. The number of benzene rings is 1. The first-order chi connectivity index (χ1) is 9.00. The van der Waals surface area contributed by atoms with Crippen molar-refractivity contribution in [3.63, 3.8) is 0 Å². The van der Waals surface area contributed by atoms with Gasteiger partial charge >= 0.3 is 0 Å². The van der Waals surface area contributed by atoms with Gasteiger partial charge in [0, 0.05) is 6.54 Å². The Balaban J connectivity index is 1.95. The van der Waals surface area contributed by atoms with Gasteiger partial charge in [-0.15, -0.1) is 0 Å². The maximum Gasteiger partial charge on any atom is 0.282 e. The zero-order valence-electron chi connectivity index (χ0n) is 10.1. The number of hydrogen-bond acceptors (Lipinski definition) is 4. The highest BCUT2D eigenvalue weighted by molar-refractivity contribution is 5.95. The SMILES string of the molecule is O=C1COc2ccc(CNCC(F)(F)CO)cc2N1. The molecule has 0 bridgehead atoms. The Labute approximate surface area is 108 Å². The predicted molar refractivity (Wildman–Crippen MR) is 64.3 cm³/mol. The Morgan fingerprint density at radius 1 is 1.47 bits per heavy atom. The van der Waals surface area contributed by atoms with Crippen LogP contribution in [0, 0.1) is 0 Å². The number of ether oxygens (including phenoxy) is 1. The molecule has 2 rings (SSSR count). The summed E-state index contributed by atoms with van der Waals surface area (Å²) in [6.45, 7) is -1.61. The van der Waals surface area contributed by atoms with Crippen LogP contribution in [0.15, 0.2) is 18.2 Å². The van der Waals surface area contributed by atoms with Crippen LogP contribution in [0.25, 0.3) is 0 Å². The van der Waals surface area contributed by atoms with E-state index in [1.807, 2.05) is 0 Å². The van der Waals surface area contributed by atoms with Crippen molar-refractivity contribution in [2.45, 2.75) is 12.5 Å². The van der Waals surface area contributed by atoms with Crippen LogP contribution in [-0.4, -0.2) is 36.7 Å². The number of rotatable bonds is 5. The molecule has 3 N–H and O–H groups in total. The lowest BCUT2D eigenvalue weighted by molar-refractivity contribution is -0.118. The zero-order valence-corrected chi connectivity index (χ0v) is 10.1. The van der Waals surface area contributed by atoms with E-state index in [1.54, 1.807) is 18.2 Å². The Bertz CT molecular complexity index is 480. The average Bonchev–Trinajstić information content (AvgIpc) is 2.38. The van der Waals surface area contributed by atoms with Gasteiger partial charge < -0.3 is 20.5 Å². The highest BCUT2D eigenvalue weighted by Crippen LogP contribution is 2.28. The molecule has 1 amide bonds. The van der Waals surface area contributed by atoms with Gasteiger partial charge in [-0.2, -0.15) is 0 Å². The number of alkyl halides is 2. The van der Waals surface area contributed by atoms with Crippen LogP contribution in [0.2, 0.25) is 0 Å². The molecule has 1 aliphatic heterocycles. The van der Waals surface area contributed by atoms with Crippen LogP contribution in [0.1, 0.15) is 5.56 Å². The number of aliphatic hydroxyl groups excluding tert-OH is 1. The molecule has 104 valence electrons. The van der Waals surface area contributed by atoms with Crippen LogP contribution in [0.5, 0.6) is 5.75 Å². The average molecular weight is 272 g/mol. The van der Waals surface area contributed by atoms with Crippen LogP contribution < -0.4 is 15.4 Å². The van der Waals surface area contributed by atoms with Crippen molar-refractivity contribution < 1.29 is 23.4 Å². The summed E-state index contributed by atoms with van der Waals surface area (Å²) in [7, 11) is 0. The lowest BCUT2D eigenvalue weighted by Crippen LogP contribution is -2.35. The molecule has 7 heteroatoms. The van der Waals surface area contributed by atoms with Gasteiger partial charge in [0.05, 0.1) is 12.2 Å². The third-order valence-electron chi connectivity index (χ3n) is 2.62. The van der Waals surface area contributed by atoms with Crippen molar-refractivity contribution in [2.24, 2.45) is 0 Å². The molecule has 0 unspecified atom stereocenters. The Hall–Kier alpha value is -1.73. The summed E-state index contributed by atoms with van der Waals surface area (Å²) >= 11 is 0. The van der Waals surface area contributed by atoms with Crippen LogP contribution >= 0.6 is 0 Å². The number of nitrogens with one attached hydrogen (secondary N) is 2. The quantitative estimate of drug-likeness (QED) is 0.739. The minimum atomic E-state index is -3.13. The van der Waals surface area contributed by atoms with Gasteiger partial charge in [0.1, 0.15) is 12.4 Å². The van der Waals surface area contributed by atoms with Gasteiger partial charge in [-0.3, -0.25) is 4.79 Å². The lowest BCUT2D eigenvalue weighted by Gasteiger charge is -2.19. The monoisotopic (exact) mass is 272 g/mol. The predicted octanol–water partition coefficient (Wildman–Crippen LogP) is 0.735. The summed E-state index contributed by atoms with van der Waals surface area (Å²) in [6.07, 6.45) is 0.